The minimum Gasteiger partial charge on any atom is -0.478 e. The average Bonchev–Trinajstić information content (AvgIpc) is 2.36. The molecule has 19 heavy (non-hydrogen) atoms. The van der Waals surface area contributed by atoms with Crippen LogP contribution in [-0.4, -0.2) is 11.1 Å². The van der Waals surface area contributed by atoms with Crippen molar-refractivity contribution in [3.8, 4) is 11.5 Å². The van der Waals surface area contributed by atoms with Gasteiger partial charge in [-0.1, -0.05) is 6.07 Å². The van der Waals surface area contributed by atoms with Gasteiger partial charge in [-0.05, 0) is 40.2 Å². The van der Waals surface area contributed by atoms with Crippen molar-refractivity contribution in [3.63, 3.8) is 0 Å². The van der Waals surface area contributed by atoms with E-state index in [4.69, 9.17) is 9.84 Å². The summed E-state index contributed by atoms with van der Waals surface area (Å²) in [6.07, 6.45) is 0. The fraction of sp³-hybridized carbons (Fsp3) is 0. The van der Waals surface area contributed by atoms with Crippen LogP contribution < -0.4 is 4.74 Å². The lowest BCUT2D eigenvalue weighted by Gasteiger charge is -2.10. The number of hydrogen-bond donors (Lipinski definition) is 1. The number of hydrogen-bond acceptors (Lipinski definition) is 2. The second kappa shape index (κ2) is 5.36. The molecular weight excluding hydrogens is 322 g/mol. The first-order valence-electron chi connectivity index (χ1n) is 5.13. The quantitative estimate of drug-likeness (QED) is 0.917. The van der Waals surface area contributed by atoms with Crippen molar-refractivity contribution >= 4 is 21.9 Å². The first-order valence-corrected chi connectivity index (χ1v) is 5.93. The molecule has 98 valence electrons. The van der Waals surface area contributed by atoms with Gasteiger partial charge >= 0.3 is 5.97 Å². The van der Waals surface area contributed by atoms with Crippen LogP contribution in [0, 0.1) is 11.6 Å². The van der Waals surface area contributed by atoms with E-state index in [0.29, 0.717) is 0 Å². The van der Waals surface area contributed by atoms with Gasteiger partial charge in [0.15, 0.2) is 11.6 Å². The Kier molecular flexibility index (Phi) is 3.80. The summed E-state index contributed by atoms with van der Waals surface area (Å²) in [6, 6.07) is 7.33. The Hall–Kier alpha value is -1.95. The van der Waals surface area contributed by atoms with Crippen LogP contribution in [0.15, 0.2) is 40.9 Å². The largest absolute Gasteiger partial charge is 0.478 e. The lowest BCUT2D eigenvalue weighted by molar-refractivity contribution is 0.0693. The zero-order chi connectivity index (χ0) is 14.0. The van der Waals surface area contributed by atoms with Crippen molar-refractivity contribution in [2.75, 3.05) is 0 Å². The third-order valence-corrected chi connectivity index (χ3v) is 2.95. The first kappa shape index (κ1) is 13.5. The molecule has 0 aliphatic carbocycles. The summed E-state index contributed by atoms with van der Waals surface area (Å²) in [5.74, 6) is -3.19. The number of halogens is 3. The van der Waals surface area contributed by atoms with Crippen molar-refractivity contribution < 1.29 is 23.4 Å². The van der Waals surface area contributed by atoms with Crippen molar-refractivity contribution in [2.24, 2.45) is 0 Å². The molecule has 0 radical (unpaired) electrons. The molecule has 0 atom stereocenters. The molecule has 0 fully saturated rings. The number of ether oxygens (including phenoxy) is 1. The molecule has 2 rings (SSSR count). The maximum Gasteiger partial charge on any atom is 0.339 e. The first-order chi connectivity index (χ1) is 8.99. The van der Waals surface area contributed by atoms with Gasteiger partial charge in [0, 0.05) is 6.07 Å². The maximum atomic E-state index is 13.6. The Morgan fingerprint density at radius 2 is 1.89 bits per heavy atom. The molecule has 0 saturated heterocycles. The second-order valence-electron chi connectivity index (χ2n) is 3.60. The van der Waals surface area contributed by atoms with Crippen LogP contribution in [0.2, 0.25) is 0 Å². The minimum atomic E-state index is -1.33. The highest BCUT2D eigenvalue weighted by molar-refractivity contribution is 9.10. The predicted octanol–water partition coefficient (Wildman–Crippen LogP) is 4.22. The Labute approximate surface area is 115 Å². The standard InChI is InChI=1S/C13H7BrF2O3/c14-9-5-4-7(6-11(9)16)19-12-8(13(17)18)2-1-3-10(12)15/h1-6H,(H,17,18). The van der Waals surface area contributed by atoms with E-state index in [2.05, 4.69) is 15.9 Å². The van der Waals surface area contributed by atoms with Crippen LogP contribution >= 0.6 is 15.9 Å². The summed E-state index contributed by atoms with van der Waals surface area (Å²) in [6.45, 7) is 0. The normalized spacial score (nSPS) is 10.3. The molecule has 0 bridgehead atoms. The molecule has 3 nitrogen and oxygen atoms in total. The third kappa shape index (κ3) is 2.90. The average molecular weight is 329 g/mol. The summed E-state index contributed by atoms with van der Waals surface area (Å²) in [5.41, 5.74) is -0.330. The molecule has 0 unspecified atom stereocenters. The SMILES string of the molecule is O=C(O)c1cccc(F)c1Oc1ccc(Br)c(F)c1. The number of rotatable bonds is 3. The van der Waals surface area contributed by atoms with Crippen LogP contribution in [0.3, 0.4) is 0 Å². The van der Waals surface area contributed by atoms with Gasteiger partial charge in [0.25, 0.3) is 0 Å². The monoisotopic (exact) mass is 328 g/mol. The van der Waals surface area contributed by atoms with E-state index < -0.39 is 23.4 Å². The lowest BCUT2D eigenvalue weighted by atomic mass is 10.2. The van der Waals surface area contributed by atoms with Gasteiger partial charge in [-0.3, -0.25) is 0 Å². The highest BCUT2D eigenvalue weighted by atomic mass is 79.9. The molecule has 0 aliphatic heterocycles. The molecular formula is C13H7BrF2O3. The van der Waals surface area contributed by atoms with Crippen LogP contribution in [0.1, 0.15) is 10.4 Å². The molecule has 0 spiro atoms. The Bertz CT molecular complexity index is 644. The van der Waals surface area contributed by atoms with Crippen LogP contribution in [0.5, 0.6) is 11.5 Å². The van der Waals surface area contributed by atoms with E-state index in [1.54, 1.807) is 0 Å². The second-order valence-corrected chi connectivity index (χ2v) is 4.45. The van der Waals surface area contributed by atoms with Crippen molar-refractivity contribution in [1.82, 2.24) is 0 Å². The topological polar surface area (TPSA) is 46.5 Å². The van der Waals surface area contributed by atoms with Crippen molar-refractivity contribution in [3.05, 3.63) is 58.1 Å². The summed E-state index contributed by atoms with van der Waals surface area (Å²) in [5, 5.41) is 8.94. The van der Waals surface area contributed by atoms with Crippen molar-refractivity contribution in [2.45, 2.75) is 0 Å². The molecule has 0 amide bonds. The summed E-state index contributed by atoms with van der Waals surface area (Å²) in [4.78, 5) is 11.0. The predicted molar refractivity (Wildman–Crippen MR) is 67.5 cm³/mol. The zero-order valence-corrected chi connectivity index (χ0v) is 10.9. The number of carboxylic acid groups (broad SMARTS) is 1. The molecule has 0 aromatic heterocycles. The minimum absolute atomic E-state index is 0.00769. The lowest BCUT2D eigenvalue weighted by Crippen LogP contribution is -2.02. The molecule has 0 saturated carbocycles. The fourth-order valence-electron chi connectivity index (χ4n) is 1.44. The molecule has 0 aliphatic rings. The van der Waals surface area contributed by atoms with E-state index in [0.717, 1.165) is 12.1 Å². The Morgan fingerprint density at radius 3 is 2.53 bits per heavy atom. The fourth-order valence-corrected chi connectivity index (χ4v) is 1.69. The maximum absolute atomic E-state index is 13.6. The van der Waals surface area contributed by atoms with E-state index >= 15 is 0 Å². The summed E-state index contributed by atoms with van der Waals surface area (Å²) < 4.78 is 32.2. The number of carbonyl (C=O) groups is 1. The third-order valence-electron chi connectivity index (χ3n) is 2.31. The van der Waals surface area contributed by atoms with Gasteiger partial charge in [-0.15, -0.1) is 0 Å². The van der Waals surface area contributed by atoms with Gasteiger partial charge < -0.3 is 9.84 Å². The van der Waals surface area contributed by atoms with Crippen LogP contribution in [0.4, 0.5) is 8.78 Å². The highest BCUT2D eigenvalue weighted by Gasteiger charge is 2.16. The smallest absolute Gasteiger partial charge is 0.339 e. The number of benzene rings is 2. The van der Waals surface area contributed by atoms with Crippen LogP contribution in [-0.2, 0) is 0 Å². The van der Waals surface area contributed by atoms with Gasteiger partial charge in [-0.2, -0.15) is 0 Å². The Morgan fingerprint density at radius 1 is 1.16 bits per heavy atom. The van der Waals surface area contributed by atoms with Gasteiger partial charge in [0.05, 0.1) is 4.47 Å². The molecule has 2 aromatic carbocycles. The summed E-state index contributed by atoms with van der Waals surface area (Å²) >= 11 is 2.97. The number of para-hydroxylation sites is 1. The number of aromatic carboxylic acids is 1. The molecule has 0 heterocycles. The molecule has 6 heteroatoms. The van der Waals surface area contributed by atoms with E-state index in [9.17, 15) is 13.6 Å². The van der Waals surface area contributed by atoms with E-state index in [1.807, 2.05) is 0 Å². The van der Waals surface area contributed by atoms with Gasteiger partial charge in [0.1, 0.15) is 17.1 Å². The molecule has 1 N–H and O–H groups in total. The van der Waals surface area contributed by atoms with Crippen molar-refractivity contribution in [1.29, 1.82) is 0 Å². The Balaban J connectivity index is 2.42. The zero-order valence-electron chi connectivity index (χ0n) is 9.36. The van der Waals surface area contributed by atoms with Gasteiger partial charge in [-0.25, -0.2) is 13.6 Å². The highest BCUT2D eigenvalue weighted by Crippen LogP contribution is 2.30. The van der Waals surface area contributed by atoms with Gasteiger partial charge in [0.2, 0.25) is 0 Å². The summed E-state index contributed by atoms with van der Waals surface area (Å²) in [7, 11) is 0. The van der Waals surface area contributed by atoms with Crippen LogP contribution in [0.25, 0.3) is 0 Å². The van der Waals surface area contributed by atoms with E-state index in [1.165, 1.54) is 24.3 Å². The van der Waals surface area contributed by atoms with E-state index in [-0.39, 0.29) is 15.8 Å². The number of carboxylic acids is 1. The molecule has 2 aromatic rings.